The molecule has 0 aromatic carbocycles. The summed E-state index contributed by atoms with van der Waals surface area (Å²) >= 11 is 0. The summed E-state index contributed by atoms with van der Waals surface area (Å²) in [5, 5.41) is 9.29. The first-order valence-electron chi connectivity index (χ1n) is 8.58. The van der Waals surface area contributed by atoms with E-state index in [1.165, 1.54) is 0 Å². The lowest BCUT2D eigenvalue weighted by Gasteiger charge is -2.26. The molecule has 1 saturated heterocycles. The number of amides is 1. The van der Waals surface area contributed by atoms with Crippen LogP contribution in [-0.2, 0) is 23.8 Å². The van der Waals surface area contributed by atoms with Crippen LogP contribution >= 0.6 is 0 Å². The largest absolute Gasteiger partial charge is 0.480 e. The molecule has 0 aromatic rings. The lowest BCUT2D eigenvalue weighted by atomic mass is 10.2. The SMILES string of the molecule is CCCCCCS(=O)(=O)O[C@@H]1C[C@@H](C(=O)O)N(C(=O)OC(C)(C)C)C1. The van der Waals surface area contributed by atoms with E-state index in [-0.39, 0.29) is 18.7 Å². The quantitative estimate of drug-likeness (QED) is 0.509. The molecule has 0 bridgehead atoms. The molecule has 2 atom stereocenters. The average molecular weight is 379 g/mol. The number of carbonyl (C=O) groups is 2. The number of hydrogen-bond donors (Lipinski definition) is 1. The zero-order chi connectivity index (χ0) is 19.3. The Morgan fingerprint density at radius 3 is 2.36 bits per heavy atom. The predicted octanol–water partition coefficient (Wildman–Crippen LogP) is 2.38. The van der Waals surface area contributed by atoms with Crippen molar-refractivity contribution in [1.29, 1.82) is 0 Å². The molecule has 0 unspecified atom stereocenters. The fourth-order valence-electron chi connectivity index (χ4n) is 2.58. The summed E-state index contributed by atoms with van der Waals surface area (Å²) in [7, 11) is -3.75. The molecule has 25 heavy (non-hydrogen) atoms. The van der Waals surface area contributed by atoms with Crippen molar-refractivity contribution in [1.82, 2.24) is 4.90 Å². The molecule has 0 aliphatic carbocycles. The summed E-state index contributed by atoms with van der Waals surface area (Å²) in [6.07, 6.45) is 1.51. The van der Waals surface area contributed by atoms with Crippen LogP contribution in [-0.4, -0.2) is 60.5 Å². The molecule has 1 heterocycles. The maximum atomic E-state index is 12.2. The molecule has 146 valence electrons. The fourth-order valence-corrected chi connectivity index (χ4v) is 3.79. The summed E-state index contributed by atoms with van der Waals surface area (Å²) in [5.41, 5.74) is -0.773. The highest BCUT2D eigenvalue weighted by Crippen LogP contribution is 2.25. The van der Waals surface area contributed by atoms with Crippen molar-refractivity contribution < 1.29 is 32.0 Å². The van der Waals surface area contributed by atoms with E-state index in [1.54, 1.807) is 20.8 Å². The Hall–Kier alpha value is -1.35. The minimum atomic E-state index is -3.75. The molecule has 1 fully saturated rings. The number of rotatable bonds is 8. The van der Waals surface area contributed by atoms with Gasteiger partial charge in [-0.1, -0.05) is 26.2 Å². The van der Waals surface area contributed by atoms with Gasteiger partial charge in [0.25, 0.3) is 10.1 Å². The number of carbonyl (C=O) groups excluding carboxylic acids is 1. The van der Waals surface area contributed by atoms with Gasteiger partial charge in [-0.25, -0.2) is 9.59 Å². The Balaban J connectivity index is 2.68. The van der Waals surface area contributed by atoms with Gasteiger partial charge in [0.05, 0.1) is 18.4 Å². The van der Waals surface area contributed by atoms with E-state index >= 15 is 0 Å². The first-order valence-corrected chi connectivity index (χ1v) is 10.2. The number of aliphatic carboxylic acids is 1. The molecule has 9 heteroatoms. The highest BCUT2D eigenvalue weighted by Gasteiger charge is 2.43. The summed E-state index contributed by atoms with van der Waals surface area (Å²) in [5.74, 6) is -1.31. The summed E-state index contributed by atoms with van der Waals surface area (Å²) in [4.78, 5) is 24.6. The van der Waals surface area contributed by atoms with Gasteiger partial charge in [0, 0.05) is 6.42 Å². The third-order valence-corrected chi connectivity index (χ3v) is 5.06. The monoisotopic (exact) mass is 379 g/mol. The molecule has 1 amide bonds. The van der Waals surface area contributed by atoms with Crippen LogP contribution in [0.1, 0.15) is 59.8 Å². The molecule has 1 aliphatic heterocycles. The second kappa shape index (κ2) is 8.84. The van der Waals surface area contributed by atoms with Gasteiger partial charge in [-0.2, -0.15) is 8.42 Å². The van der Waals surface area contributed by atoms with Gasteiger partial charge >= 0.3 is 12.1 Å². The van der Waals surface area contributed by atoms with Crippen LogP contribution in [0.15, 0.2) is 0 Å². The second-order valence-corrected chi connectivity index (χ2v) is 8.98. The number of ether oxygens (including phenoxy) is 1. The van der Waals surface area contributed by atoms with E-state index in [2.05, 4.69) is 0 Å². The summed E-state index contributed by atoms with van der Waals surface area (Å²) in [6.45, 7) is 6.92. The van der Waals surface area contributed by atoms with E-state index in [0.29, 0.717) is 6.42 Å². The molecule has 0 saturated carbocycles. The molecule has 0 radical (unpaired) electrons. The summed E-state index contributed by atoms with van der Waals surface area (Å²) < 4.78 is 34.4. The van der Waals surface area contributed by atoms with E-state index in [0.717, 1.165) is 24.2 Å². The number of hydrogen-bond acceptors (Lipinski definition) is 6. The standard InChI is InChI=1S/C16H29NO7S/c1-5-6-7-8-9-25(21,22)24-12-10-13(14(18)19)17(11-12)15(20)23-16(2,3)4/h12-13H,5-11H2,1-4H3,(H,18,19)/t12-,13+/m1/s1. The minimum absolute atomic E-state index is 0.0806. The Kier molecular flexibility index (Phi) is 7.67. The maximum Gasteiger partial charge on any atom is 0.411 e. The Bertz CT molecular complexity index is 568. The van der Waals surface area contributed by atoms with Crippen molar-refractivity contribution in [2.75, 3.05) is 12.3 Å². The van der Waals surface area contributed by atoms with E-state index in [1.807, 2.05) is 6.92 Å². The molecule has 1 rings (SSSR count). The third-order valence-electron chi connectivity index (χ3n) is 3.71. The van der Waals surface area contributed by atoms with Gasteiger partial charge in [0.2, 0.25) is 0 Å². The number of likely N-dealkylation sites (tertiary alicyclic amines) is 1. The van der Waals surface area contributed by atoms with E-state index < -0.39 is 39.9 Å². The van der Waals surface area contributed by atoms with Crippen molar-refractivity contribution in [3.05, 3.63) is 0 Å². The van der Waals surface area contributed by atoms with Crippen LogP contribution in [0.2, 0.25) is 0 Å². The zero-order valence-electron chi connectivity index (χ0n) is 15.4. The first-order chi connectivity index (χ1) is 11.4. The Morgan fingerprint density at radius 2 is 1.84 bits per heavy atom. The first kappa shape index (κ1) is 21.7. The van der Waals surface area contributed by atoms with Crippen LogP contribution in [0.5, 0.6) is 0 Å². The van der Waals surface area contributed by atoms with Crippen LogP contribution in [0.3, 0.4) is 0 Å². The van der Waals surface area contributed by atoms with Crippen molar-refractivity contribution in [3.8, 4) is 0 Å². The van der Waals surface area contributed by atoms with Crippen LogP contribution in [0.4, 0.5) is 4.79 Å². The molecule has 1 N–H and O–H groups in total. The second-order valence-electron chi connectivity index (χ2n) is 7.26. The van der Waals surface area contributed by atoms with Crippen molar-refractivity contribution >= 4 is 22.2 Å². The lowest BCUT2D eigenvalue weighted by Crippen LogP contribution is -2.43. The zero-order valence-corrected chi connectivity index (χ0v) is 16.2. The molecular formula is C16H29NO7S. The molecule has 0 aromatic heterocycles. The fraction of sp³-hybridized carbons (Fsp3) is 0.875. The minimum Gasteiger partial charge on any atom is -0.480 e. The highest BCUT2D eigenvalue weighted by molar-refractivity contribution is 7.86. The summed E-state index contributed by atoms with van der Waals surface area (Å²) in [6, 6.07) is -1.16. The highest BCUT2D eigenvalue weighted by atomic mass is 32.2. The van der Waals surface area contributed by atoms with Gasteiger partial charge in [0.1, 0.15) is 11.6 Å². The van der Waals surface area contributed by atoms with E-state index in [4.69, 9.17) is 8.92 Å². The number of carboxylic acid groups (broad SMARTS) is 1. The number of unbranched alkanes of at least 4 members (excludes halogenated alkanes) is 3. The normalized spacial score (nSPS) is 21.4. The lowest BCUT2D eigenvalue weighted by molar-refractivity contribution is -0.142. The van der Waals surface area contributed by atoms with E-state index in [9.17, 15) is 23.1 Å². The molecule has 0 spiro atoms. The molecule has 8 nitrogen and oxygen atoms in total. The molecule has 1 aliphatic rings. The Labute approximate surface area is 149 Å². The van der Waals surface area contributed by atoms with Crippen molar-refractivity contribution in [3.63, 3.8) is 0 Å². The van der Waals surface area contributed by atoms with Crippen molar-refractivity contribution in [2.45, 2.75) is 77.5 Å². The average Bonchev–Trinajstić information content (AvgIpc) is 2.85. The topological polar surface area (TPSA) is 110 Å². The molecular weight excluding hydrogens is 350 g/mol. The number of carboxylic acids is 1. The van der Waals surface area contributed by atoms with Crippen LogP contribution in [0, 0.1) is 0 Å². The smallest absolute Gasteiger partial charge is 0.411 e. The van der Waals surface area contributed by atoms with Gasteiger partial charge < -0.3 is 9.84 Å². The Morgan fingerprint density at radius 1 is 1.20 bits per heavy atom. The number of nitrogens with zero attached hydrogens (tertiary/aromatic N) is 1. The van der Waals surface area contributed by atoms with Gasteiger partial charge in [-0.3, -0.25) is 9.08 Å². The van der Waals surface area contributed by atoms with Crippen LogP contribution < -0.4 is 0 Å². The van der Waals surface area contributed by atoms with Gasteiger partial charge in [-0.05, 0) is 27.2 Å². The predicted molar refractivity (Wildman–Crippen MR) is 91.8 cm³/mol. The maximum absolute atomic E-state index is 12.2. The van der Waals surface area contributed by atoms with Gasteiger partial charge in [-0.15, -0.1) is 0 Å². The van der Waals surface area contributed by atoms with Gasteiger partial charge in [0.15, 0.2) is 0 Å². The third kappa shape index (κ3) is 7.60. The van der Waals surface area contributed by atoms with Crippen molar-refractivity contribution in [2.24, 2.45) is 0 Å². The van der Waals surface area contributed by atoms with Crippen LogP contribution in [0.25, 0.3) is 0 Å².